The molecule has 0 amide bonds. The third kappa shape index (κ3) is 3.73. The van der Waals surface area contributed by atoms with E-state index >= 15 is 0 Å². The Hall–Kier alpha value is -3.43. The fourth-order valence-electron chi connectivity index (χ4n) is 2.76. The van der Waals surface area contributed by atoms with Crippen molar-refractivity contribution in [3.63, 3.8) is 0 Å². The van der Waals surface area contributed by atoms with Gasteiger partial charge in [-0.3, -0.25) is 0 Å². The molecule has 0 atom stereocenters. The van der Waals surface area contributed by atoms with Crippen LogP contribution in [0.2, 0.25) is 5.02 Å². The average Bonchev–Trinajstić information content (AvgIpc) is 3.17. The number of para-hydroxylation sites is 1. The van der Waals surface area contributed by atoms with Crippen molar-refractivity contribution < 1.29 is 4.52 Å². The number of hydrogen-bond acceptors (Lipinski definition) is 6. The number of pyridine rings is 1. The number of nitriles is 1. The van der Waals surface area contributed by atoms with Crippen LogP contribution in [0.15, 0.2) is 59.1 Å². The molecule has 27 heavy (non-hydrogen) atoms. The van der Waals surface area contributed by atoms with Gasteiger partial charge in [-0.15, -0.1) is 0 Å². The Morgan fingerprint density at radius 2 is 1.89 bits per heavy atom. The largest absolute Gasteiger partial charge is 0.384 e. The summed E-state index contributed by atoms with van der Waals surface area (Å²) in [6.45, 7) is 0.584. The smallest absolute Gasteiger partial charge is 0.228 e. The van der Waals surface area contributed by atoms with E-state index in [1.165, 1.54) is 0 Å². The lowest BCUT2D eigenvalue weighted by Crippen LogP contribution is -2.06. The number of aromatic nitrogens is 3. The van der Waals surface area contributed by atoms with Gasteiger partial charge in [-0.25, -0.2) is 4.98 Å². The molecule has 0 fully saturated rings. The minimum absolute atomic E-state index is 0.374. The highest BCUT2D eigenvalue weighted by Crippen LogP contribution is 2.23. The zero-order valence-corrected chi connectivity index (χ0v) is 14.9. The third-order valence-corrected chi connectivity index (χ3v) is 4.31. The second-order valence-corrected chi connectivity index (χ2v) is 6.32. The predicted molar refractivity (Wildman–Crippen MR) is 103 cm³/mol. The number of nitrogens with zero attached hydrogens (tertiary/aromatic N) is 4. The Morgan fingerprint density at radius 1 is 1.07 bits per heavy atom. The number of halogens is 1. The van der Waals surface area contributed by atoms with Gasteiger partial charge >= 0.3 is 0 Å². The van der Waals surface area contributed by atoms with Gasteiger partial charge in [-0.1, -0.05) is 35.0 Å². The van der Waals surface area contributed by atoms with Crippen molar-refractivity contribution in [3.8, 4) is 17.5 Å². The Morgan fingerprint density at radius 3 is 2.70 bits per heavy atom. The topological polar surface area (TPSA) is 87.6 Å². The molecular weight excluding hydrogens is 362 g/mol. The molecule has 0 spiro atoms. The molecule has 4 rings (SSSR count). The summed E-state index contributed by atoms with van der Waals surface area (Å²) in [5.41, 5.74) is 2.86. The normalized spacial score (nSPS) is 10.7. The number of hydrogen-bond donors (Lipinski definition) is 1. The fraction of sp³-hybridized carbons (Fsp3) is 0.100. The summed E-state index contributed by atoms with van der Waals surface area (Å²) in [7, 11) is 0. The summed E-state index contributed by atoms with van der Waals surface area (Å²) in [6, 6.07) is 18.8. The van der Waals surface area contributed by atoms with Crippen LogP contribution in [0.3, 0.4) is 0 Å². The first-order chi connectivity index (χ1) is 13.2. The van der Waals surface area contributed by atoms with Crippen LogP contribution in [-0.2, 0) is 6.42 Å². The molecule has 0 unspecified atom stereocenters. The standard InChI is InChI=1S/C20H14ClN5O/c21-14-7-5-13(6-8-14)20-25-19(27-26-20)9-10-23-18-11-15(12-22)24-17-4-2-1-3-16(17)18/h1-8,11H,9-10H2,(H,23,24). The van der Waals surface area contributed by atoms with E-state index in [-0.39, 0.29) is 0 Å². The van der Waals surface area contributed by atoms with E-state index in [1.807, 2.05) is 36.4 Å². The molecule has 0 radical (unpaired) electrons. The number of fused-ring (bicyclic) bond motifs is 1. The van der Waals surface area contributed by atoms with Crippen molar-refractivity contribution >= 4 is 28.2 Å². The van der Waals surface area contributed by atoms with E-state index in [4.69, 9.17) is 16.1 Å². The summed E-state index contributed by atoms with van der Waals surface area (Å²) >= 11 is 5.90. The highest BCUT2D eigenvalue weighted by molar-refractivity contribution is 6.30. The van der Waals surface area contributed by atoms with E-state index in [9.17, 15) is 5.26 Å². The van der Waals surface area contributed by atoms with Crippen LogP contribution < -0.4 is 5.32 Å². The highest BCUT2D eigenvalue weighted by atomic mass is 35.5. The molecule has 2 heterocycles. The van der Waals surface area contributed by atoms with E-state index in [2.05, 4.69) is 26.5 Å². The van der Waals surface area contributed by atoms with Gasteiger partial charge in [0.05, 0.1) is 5.52 Å². The van der Waals surface area contributed by atoms with E-state index in [1.54, 1.807) is 18.2 Å². The number of benzene rings is 2. The summed E-state index contributed by atoms with van der Waals surface area (Å²) in [5, 5.41) is 18.1. The molecule has 0 bridgehead atoms. The lowest BCUT2D eigenvalue weighted by Gasteiger charge is -2.09. The van der Waals surface area contributed by atoms with Crippen molar-refractivity contribution in [2.75, 3.05) is 11.9 Å². The van der Waals surface area contributed by atoms with Gasteiger partial charge in [-0.2, -0.15) is 10.2 Å². The second kappa shape index (κ2) is 7.44. The van der Waals surface area contributed by atoms with Crippen molar-refractivity contribution in [3.05, 3.63) is 71.2 Å². The average molecular weight is 376 g/mol. The van der Waals surface area contributed by atoms with E-state index in [0.29, 0.717) is 35.4 Å². The lowest BCUT2D eigenvalue weighted by atomic mass is 10.1. The van der Waals surface area contributed by atoms with Gasteiger partial charge in [-0.05, 0) is 36.4 Å². The summed E-state index contributed by atoms with van der Waals surface area (Å²) in [4.78, 5) is 8.72. The minimum atomic E-state index is 0.374. The van der Waals surface area contributed by atoms with Crippen LogP contribution >= 0.6 is 11.6 Å². The monoisotopic (exact) mass is 375 g/mol. The molecular formula is C20H14ClN5O. The molecule has 2 aromatic carbocycles. The van der Waals surface area contributed by atoms with Crippen molar-refractivity contribution in [1.29, 1.82) is 5.26 Å². The number of rotatable bonds is 5. The zero-order chi connectivity index (χ0) is 18.6. The summed E-state index contributed by atoms with van der Waals surface area (Å²) in [5.74, 6) is 1.06. The maximum Gasteiger partial charge on any atom is 0.228 e. The van der Waals surface area contributed by atoms with Crippen LogP contribution in [0.5, 0.6) is 0 Å². The van der Waals surface area contributed by atoms with Crippen molar-refractivity contribution in [1.82, 2.24) is 15.1 Å². The Balaban J connectivity index is 1.47. The molecule has 2 aromatic heterocycles. The summed E-state index contributed by atoms with van der Waals surface area (Å²) < 4.78 is 5.32. The van der Waals surface area contributed by atoms with Crippen molar-refractivity contribution in [2.45, 2.75) is 6.42 Å². The number of anilines is 1. The van der Waals surface area contributed by atoms with Gasteiger partial charge < -0.3 is 9.84 Å². The van der Waals surface area contributed by atoms with E-state index in [0.717, 1.165) is 22.2 Å². The van der Waals surface area contributed by atoms with Gasteiger partial charge in [0, 0.05) is 34.6 Å². The first-order valence-corrected chi connectivity index (χ1v) is 8.73. The van der Waals surface area contributed by atoms with Crippen LogP contribution in [0.4, 0.5) is 5.69 Å². The Labute approximate surface area is 160 Å². The molecule has 1 N–H and O–H groups in total. The molecule has 0 aliphatic heterocycles. The van der Waals surface area contributed by atoms with Crippen LogP contribution in [0.25, 0.3) is 22.3 Å². The van der Waals surface area contributed by atoms with Gasteiger partial charge in [0.1, 0.15) is 11.8 Å². The molecule has 0 saturated heterocycles. The molecule has 0 saturated carbocycles. The molecule has 7 heteroatoms. The van der Waals surface area contributed by atoms with Gasteiger partial charge in [0.15, 0.2) is 0 Å². The van der Waals surface area contributed by atoms with Gasteiger partial charge in [0.25, 0.3) is 0 Å². The molecule has 0 aliphatic rings. The first-order valence-electron chi connectivity index (χ1n) is 8.35. The number of nitrogens with one attached hydrogen (secondary N) is 1. The molecule has 132 valence electrons. The first kappa shape index (κ1) is 17.0. The second-order valence-electron chi connectivity index (χ2n) is 5.88. The Kier molecular flexibility index (Phi) is 4.69. The predicted octanol–water partition coefficient (Wildman–Crippen LogP) is 4.46. The van der Waals surface area contributed by atoms with E-state index < -0.39 is 0 Å². The molecule has 4 aromatic rings. The van der Waals surface area contributed by atoms with Crippen LogP contribution in [0, 0.1) is 11.3 Å². The fourth-order valence-corrected chi connectivity index (χ4v) is 2.88. The van der Waals surface area contributed by atoms with Crippen LogP contribution in [0.1, 0.15) is 11.6 Å². The molecule has 6 nitrogen and oxygen atoms in total. The highest BCUT2D eigenvalue weighted by Gasteiger charge is 2.09. The van der Waals surface area contributed by atoms with Gasteiger partial charge in [0.2, 0.25) is 11.7 Å². The maximum atomic E-state index is 9.17. The van der Waals surface area contributed by atoms with Crippen molar-refractivity contribution in [2.24, 2.45) is 0 Å². The third-order valence-electron chi connectivity index (χ3n) is 4.06. The maximum absolute atomic E-state index is 9.17. The Bertz CT molecular complexity index is 1130. The summed E-state index contributed by atoms with van der Waals surface area (Å²) in [6.07, 6.45) is 0.555. The van der Waals surface area contributed by atoms with Crippen LogP contribution in [-0.4, -0.2) is 21.7 Å². The lowest BCUT2D eigenvalue weighted by molar-refractivity contribution is 0.381. The SMILES string of the molecule is N#Cc1cc(NCCc2nc(-c3ccc(Cl)cc3)no2)c2ccccc2n1. The molecule has 0 aliphatic carbocycles. The zero-order valence-electron chi connectivity index (χ0n) is 14.2. The quantitative estimate of drug-likeness (QED) is 0.554. The minimum Gasteiger partial charge on any atom is -0.384 e.